The summed E-state index contributed by atoms with van der Waals surface area (Å²) in [5.41, 5.74) is 12.0. The summed E-state index contributed by atoms with van der Waals surface area (Å²) in [6, 6.07) is 5.04. The largest absolute Gasteiger partial charge is 0.361 e. The predicted molar refractivity (Wildman–Crippen MR) is 86.1 cm³/mol. The Labute approximate surface area is 121 Å². The van der Waals surface area contributed by atoms with Crippen molar-refractivity contribution in [1.29, 1.82) is 0 Å². The first-order chi connectivity index (χ1) is 9.65. The number of fused-ring (bicyclic) bond motifs is 2. The van der Waals surface area contributed by atoms with E-state index in [1.807, 2.05) is 0 Å². The van der Waals surface area contributed by atoms with Crippen molar-refractivity contribution < 1.29 is 0 Å². The number of aromatic nitrogens is 1. The third-order valence-electron chi connectivity index (χ3n) is 4.79. The van der Waals surface area contributed by atoms with Crippen molar-refractivity contribution in [3.8, 4) is 0 Å². The standard InChI is InChI=1S/C18H26N2/c1-12(2)17(19)9-15-11-20-18-10-14-7-5-3-4-6-13(14)8-16(15)18/h8,10-12,17,20H,3-7,9,19H2,1-2H3. The van der Waals surface area contributed by atoms with Gasteiger partial charge in [-0.05, 0) is 66.8 Å². The molecular weight excluding hydrogens is 244 g/mol. The maximum absolute atomic E-state index is 6.25. The highest BCUT2D eigenvalue weighted by molar-refractivity contribution is 5.85. The molecule has 2 aromatic rings. The molecule has 2 heteroatoms. The Kier molecular flexibility index (Phi) is 3.84. The molecule has 0 fully saturated rings. The molecule has 1 aromatic carbocycles. The molecule has 1 atom stereocenters. The number of H-pyrrole nitrogens is 1. The van der Waals surface area contributed by atoms with Crippen LogP contribution in [-0.2, 0) is 19.3 Å². The fraction of sp³-hybridized carbons (Fsp3) is 0.556. The van der Waals surface area contributed by atoms with Crippen LogP contribution in [0.5, 0.6) is 0 Å². The predicted octanol–water partition coefficient (Wildman–Crippen LogP) is 3.96. The van der Waals surface area contributed by atoms with Crippen molar-refractivity contribution >= 4 is 10.9 Å². The molecule has 108 valence electrons. The zero-order chi connectivity index (χ0) is 14.1. The fourth-order valence-electron chi connectivity index (χ4n) is 3.25. The number of hydrogen-bond acceptors (Lipinski definition) is 1. The number of benzene rings is 1. The molecule has 2 nitrogen and oxygen atoms in total. The van der Waals surface area contributed by atoms with Gasteiger partial charge in [-0.2, -0.15) is 0 Å². The van der Waals surface area contributed by atoms with E-state index < -0.39 is 0 Å². The van der Waals surface area contributed by atoms with E-state index in [9.17, 15) is 0 Å². The molecular formula is C18H26N2. The van der Waals surface area contributed by atoms with Crippen LogP contribution in [0.15, 0.2) is 18.3 Å². The van der Waals surface area contributed by atoms with Crippen LogP contribution in [0.3, 0.4) is 0 Å². The average Bonchev–Trinajstić information content (AvgIpc) is 2.66. The van der Waals surface area contributed by atoms with E-state index in [0.717, 1.165) is 6.42 Å². The number of nitrogens with two attached hydrogens (primary N) is 1. The summed E-state index contributed by atoms with van der Waals surface area (Å²) < 4.78 is 0. The maximum Gasteiger partial charge on any atom is 0.0459 e. The summed E-state index contributed by atoms with van der Waals surface area (Å²) in [6.07, 6.45) is 9.65. The van der Waals surface area contributed by atoms with Gasteiger partial charge in [0.15, 0.2) is 0 Å². The smallest absolute Gasteiger partial charge is 0.0459 e. The van der Waals surface area contributed by atoms with Gasteiger partial charge in [0.1, 0.15) is 0 Å². The van der Waals surface area contributed by atoms with Gasteiger partial charge < -0.3 is 10.7 Å². The van der Waals surface area contributed by atoms with Crippen LogP contribution in [0.4, 0.5) is 0 Å². The number of rotatable bonds is 3. The Hall–Kier alpha value is -1.28. The van der Waals surface area contributed by atoms with Gasteiger partial charge in [-0.25, -0.2) is 0 Å². The van der Waals surface area contributed by atoms with Gasteiger partial charge in [0.25, 0.3) is 0 Å². The van der Waals surface area contributed by atoms with Crippen LogP contribution in [-0.4, -0.2) is 11.0 Å². The first kappa shape index (κ1) is 13.7. The Morgan fingerprint density at radius 2 is 1.80 bits per heavy atom. The second-order valence-electron chi connectivity index (χ2n) is 6.65. The van der Waals surface area contributed by atoms with Gasteiger partial charge in [0, 0.05) is 23.1 Å². The molecule has 0 saturated carbocycles. The average molecular weight is 270 g/mol. The molecule has 0 radical (unpaired) electrons. The summed E-state index contributed by atoms with van der Waals surface area (Å²) in [5.74, 6) is 0.528. The second kappa shape index (κ2) is 5.61. The number of aryl methyl sites for hydroxylation is 2. The van der Waals surface area contributed by atoms with Crippen LogP contribution in [0.1, 0.15) is 49.8 Å². The fourth-order valence-corrected chi connectivity index (χ4v) is 3.25. The number of hydrogen-bond donors (Lipinski definition) is 2. The zero-order valence-electron chi connectivity index (χ0n) is 12.7. The first-order valence-electron chi connectivity index (χ1n) is 8.02. The van der Waals surface area contributed by atoms with Gasteiger partial charge in [-0.3, -0.25) is 0 Å². The molecule has 0 bridgehead atoms. The molecule has 1 aromatic heterocycles. The lowest BCUT2D eigenvalue weighted by Gasteiger charge is -2.15. The maximum atomic E-state index is 6.25. The van der Waals surface area contributed by atoms with Gasteiger partial charge in [0.05, 0.1) is 0 Å². The Bertz CT molecular complexity index is 595. The van der Waals surface area contributed by atoms with Gasteiger partial charge in [0.2, 0.25) is 0 Å². The molecule has 1 aliphatic rings. The van der Waals surface area contributed by atoms with Crippen LogP contribution in [0.2, 0.25) is 0 Å². The Balaban J connectivity index is 1.97. The van der Waals surface area contributed by atoms with E-state index in [1.54, 1.807) is 11.1 Å². The molecule has 1 heterocycles. The molecule has 3 rings (SSSR count). The third kappa shape index (κ3) is 2.62. The monoisotopic (exact) mass is 270 g/mol. The molecule has 0 saturated heterocycles. The molecule has 0 spiro atoms. The summed E-state index contributed by atoms with van der Waals surface area (Å²) in [7, 11) is 0. The topological polar surface area (TPSA) is 41.8 Å². The quantitative estimate of drug-likeness (QED) is 0.814. The molecule has 1 aliphatic carbocycles. The minimum absolute atomic E-state index is 0.243. The number of aromatic amines is 1. The van der Waals surface area contributed by atoms with E-state index >= 15 is 0 Å². The summed E-state index contributed by atoms with van der Waals surface area (Å²) in [4.78, 5) is 3.45. The molecule has 0 aliphatic heterocycles. The van der Waals surface area contributed by atoms with E-state index in [-0.39, 0.29) is 6.04 Å². The van der Waals surface area contributed by atoms with Gasteiger partial charge >= 0.3 is 0 Å². The lowest BCUT2D eigenvalue weighted by atomic mass is 9.94. The lowest BCUT2D eigenvalue weighted by molar-refractivity contribution is 0.491. The normalized spacial score (nSPS) is 17.2. The molecule has 3 N–H and O–H groups in total. The summed E-state index contributed by atoms with van der Waals surface area (Å²) in [5, 5.41) is 1.39. The highest BCUT2D eigenvalue weighted by atomic mass is 14.7. The van der Waals surface area contributed by atoms with Crippen LogP contribution >= 0.6 is 0 Å². The van der Waals surface area contributed by atoms with Crippen LogP contribution in [0, 0.1) is 5.92 Å². The SMILES string of the molecule is CC(C)C(N)Cc1c[nH]c2cc3c(cc12)CCCCC3. The highest BCUT2D eigenvalue weighted by Gasteiger charge is 2.15. The Morgan fingerprint density at radius 3 is 2.50 bits per heavy atom. The van der Waals surface area contributed by atoms with E-state index in [1.165, 1.54) is 48.6 Å². The van der Waals surface area contributed by atoms with Crippen molar-refractivity contribution in [2.24, 2.45) is 11.7 Å². The summed E-state index contributed by atoms with van der Waals surface area (Å²) in [6.45, 7) is 4.40. The van der Waals surface area contributed by atoms with Crippen molar-refractivity contribution in [2.75, 3.05) is 0 Å². The third-order valence-corrected chi connectivity index (χ3v) is 4.79. The lowest BCUT2D eigenvalue weighted by Crippen LogP contribution is -2.28. The number of nitrogens with one attached hydrogen (secondary N) is 1. The minimum atomic E-state index is 0.243. The van der Waals surface area contributed by atoms with Crippen molar-refractivity contribution in [3.05, 3.63) is 35.0 Å². The molecule has 0 amide bonds. The van der Waals surface area contributed by atoms with E-state index in [4.69, 9.17) is 5.73 Å². The minimum Gasteiger partial charge on any atom is -0.361 e. The highest BCUT2D eigenvalue weighted by Crippen LogP contribution is 2.28. The molecule has 20 heavy (non-hydrogen) atoms. The van der Waals surface area contributed by atoms with E-state index in [0.29, 0.717) is 5.92 Å². The van der Waals surface area contributed by atoms with Gasteiger partial charge in [-0.1, -0.05) is 20.3 Å². The van der Waals surface area contributed by atoms with Gasteiger partial charge in [-0.15, -0.1) is 0 Å². The summed E-state index contributed by atoms with van der Waals surface area (Å²) >= 11 is 0. The van der Waals surface area contributed by atoms with Crippen molar-refractivity contribution in [2.45, 2.75) is 58.4 Å². The van der Waals surface area contributed by atoms with Crippen molar-refractivity contribution in [1.82, 2.24) is 4.98 Å². The van der Waals surface area contributed by atoms with Crippen LogP contribution in [0.25, 0.3) is 10.9 Å². The second-order valence-corrected chi connectivity index (χ2v) is 6.65. The zero-order valence-corrected chi connectivity index (χ0v) is 12.7. The van der Waals surface area contributed by atoms with Crippen LogP contribution < -0.4 is 5.73 Å². The molecule has 1 unspecified atom stereocenters. The Morgan fingerprint density at radius 1 is 1.10 bits per heavy atom. The first-order valence-corrected chi connectivity index (χ1v) is 8.02. The van der Waals surface area contributed by atoms with E-state index in [2.05, 4.69) is 37.2 Å². The van der Waals surface area contributed by atoms with Crippen molar-refractivity contribution in [3.63, 3.8) is 0 Å².